The summed E-state index contributed by atoms with van der Waals surface area (Å²) < 4.78 is 1.04. The molecule has 4 aromatic rings. The molecule has 1 aliphatic heterocycles. The van der Waals surface area contributed by atoms with Gasteiger partial charge in [0, 0.05) is 31.3 Å². The van der Waals surface area contributed by atoms with Gasteiger partial charge in [0.05, 0.1) is 17.1 Å². The lowest BCUT2D eigenvalue weighted by atomic mass is 10.1. The van der Waals surface area contributed by atoms with Crippen LogP contribution in [0, 0.1) is 6.92 Å². The Morgan fingerprint density at radius 1 is 1.12 bits per heavy atom. The summed E-state index contributed by atoms with van der Waals surface area (Å²) in [5.41, 5.74) is 0.0191. The van der Waals surface area contributed by atoms with Gasteiger partial charge in [0.25, 0.3) is 5.56 Å². The second kappa shape index (κ2) is 8.70. The van der Waals surface area contributed by atoms with E-state index < -0.39 is 17.1 Å². The van der Waals surface area contributed by atoms with E-state index >= 15 is 0 Å². The fourth-order valence-electron chi connectivity index (χ4n) is 3.79. The van der Waals surface area contributed by atoms with E-state index in [4.69, 9.17) is 16.6 Å². The number of benzene rings is 2. The van der Waals surface area contributed by atoms with E-state index in [0.29, 0.717) is 28.5 Å². The van der Waals surface area contributed by atoms with E-state index in [1.165, 1.54) is 4.88 Å². The number of halogens is 1. The lowest BCUT2D eigenvalue weighted by Crippen LogP contribution is -2.33. The lowest BCUT2D eigenvalue weighted by molar-refractivity contribution is 0.429. The highest BCUT2D eigenvalue weighted by Gasteiger charge is 2.28. The number of nitrogens with zero attached hydrogens (tertiary/aromatic N) is 2. The molecule has 2 aromatic carbocycles. The van der Waals surface area contributed by atoms with Crippen LogP contribution in [-0.4, -0.2) is 20.4 Å². The predicted octanol–water partition coefficient (Wildman–Crippen LogP) is 5.61. The van der Waals surface area contributed by atoms with E-state index in [0.717, 1.165) is 14.3 Å². The quantitative estimate of drug-likeness (QED) is 0.386. The number of nitrogens with one attached hydrogen (secondary N) is 1. The zero-order valence-electron chi connectivity index (χ0n) is 17.4. The Labute approximate surface area is 202 Å². The van der Waals surface area contributed by atoms with Crippen LogP contribution >= 0.6 is 34.7 Å². The molecule has 0 amide bonds. The molecule has 6 nitrogen and oxygen atoms in total. The van der Waals surface area contributed by atoms with Crippen molar-refractivity contribution in [1.29, 1.82) is 0 Å². The second-order valence-electron chi connectivity index (χ2n) is 7.56. The maximum absolute atomic E-state index is 12.9. The molecular weight excluding hydrogens is 478 g/mol. The average Bonchev–Trinajstić information content (AvgIpc) is 3.11. The second-order valence-corrected chi connectivity index (χ2v) is 10.6. The van der Waals surface area contributed by atoms with Crippen molar-refractivity contribution in [2.24, 2.45) is 4.99 Å². The summed E-state index contributed by atoms with van der Waals surface area (Å²) >= 11 is 9.46. The molecule has 3 heterocycles. The first-order valence-corrected chi connectivity index (χ1v) is 12.2. The SMILES string of the molecule is Cc1ccc([C@@H]2CC(c3c(O)n(-c4cccc(Cl)c4)c(=O)[nH]c3=O)=Nc3ccccc3S2)s1. The molecule has 0 fully saturated rings. The first-order valence-electron chi connectivity index (χ1n) is 10.1. The fourth-order valence-corrected chi connectivity index (χ4v) is 6.26. The zero-order valence-corrected chi connectivity index (χ0v) is 19.8. The smallest absolute Gasteiger partial charge is 0.335 e. The third-order valence-electron chi connectivity index (χ3n) is 5.29. The van der Waals surface area contributed by atoms with E-state index in [9.17, 15) is 14.7 Å². The third-order valence-corrected chi connectivity index (χ3v) is 8.09. The van der Waals surface area contributed by atoms with Gasteiger partial charge in [0.2, 0.25) is 5.88 Å². The van der Waals surface area contributed by atoms with Crippen LogP contribution in [0.4, 0.5) is 5.69 Å². The number of rotatable bonds is 3. The highest BCUT2D eigenvalue weighted by molar-refractivity contribution is 7.99. The van der Waals surface area contributed by atoms with Crippen LogP contribution < -0.4 is 11.2 Å². The van der Waals surface area contributed by atoms with Gasteiger partial charge in [-0.2, -0.15) is 0 Å². The van der Waals surface area contributed by atoms with Gasteiger partial charge in [-0.05, 0) is 49.4 Å². The zero-order chi connectivity index (χ0) is 23.1. The largest absolute Gasteiger partial charge is 0.493 e. The highest BCUT2D eigenvalue weighted by atomic mass is 35.5. The molecule has 166 valence electrons. The lowest BCUT2D eigenvalue weighted by Gasteiger charge is -2.16. The molecule has 9 heteroatoms. The first kappa shape index (κ1) is 21.8. The minimum Gasteiger partial charge on any atom is -0.493 e. The summed E-state index contributed by atoms with van der Waals surface area (Å²) in [6, 6.07) is 18.4. The molecule has 5 rings (SSSR count). The van der Waals surface area contributed by atoms with Gasteiger partial charge >= 0.3 is 5.69 Å². The summed E-state index contributed by atoms with van der Waals surface area (Å²) in [5, 5.41) is 11.6. The van der Waals surface area contributed by atoms with E-state index in [1.54, 1.807) is 47.4 Å². The Morgan fingerprint density at radius 3 is 2.70 bits per heavy atom. The van der Waals surface area contributed by atoms with Crippen LogP contribution in [0.1, 0.15) is 27.0 Å². The molecule has 0 bridgehead atoms. The Kier molecular flexibility index (Phi) is 5.74. The summed E-state index contributed by atoms with van der Waals surface area (Å²) in [6.07, 6.45) is 0.406. The molecule has 1 aliphatic rings. The Morgan fingerprint density at radius 2 is 1.94 bits per heavy atom. The molecule has 0 aliphatic carbocycles. The summed E-state index contributed by atoms with van der Waals surface area (Å²) in [7, 11) is 0. The number of H-pyrrole nitrogens is 1. The van der Waals surface area contributed by atoms with Crippen molar-refractivity contribution in [3.8, 4) is 11.6 Å². The molecule has 0 spiro atoms. The Hall–Kier alpha value is -3.07. The van der Waals surface area contributed by atoms with Crippen molar-refractivity contribution in [2.45, 2.75) is 23.5 Å². The van der Waals surface area contributed by atoms with Gasteiger partial charge in [-0.25, -0.2) is 9.36 Å². The first-order chi connectivity index (χ1) is 15.9. The fraction of sp³-hybridized carbons (Fsp3) is 0.125. The molecule has 0 unspecified atom stereocenters. The normalized spacial score (nSPS) is 15.6. The van der Waals surface area contributed by atoms with Crippen LogP contribution in [0.5, 0.6) is 5.88 Å². The molecule has 33 heavy (non-hydrogen) atoms. The Bertz CT molecular complexity index is 1520. The number of thiophene rings is 1. The monoisotopic (exact) mass is 495 g/mol. The van der Waals surface area contributed by atoms with E-state index in [-0.39, 0.29) is 10.8 Å². The standard InChI is InChI=1S/C24H18ClN3O3S2/c1-13-9-10-19(32-13)20-12-17(26-16-7-2-3-8-18(16)33-20)21-22(29)27-24(31)28(23(21)30)15-6-4-5-14(25)11-15/h2-11,20,30H,12H2,1H3,(H,27,29,31)/t20-/m0/s1. The molecule has 1 atom stereocenters. The van der Waals surface area contributed by atoms with Crippen LogP contribution in [0.15, 0.2) is 80.1 Å². The number of aromatic nitrogens is 2. The van der Waals surface area contributed by atoms with Gasteiger partial charge < -0.3 is 5.11 Å². The van der Waals surface area contributed by atoms with E-state index in [2.05, 4.69) is 24.0 Å². The van der Waals surface area contributed by atoms with Crippen molar-refractivity contribution >= 4 is 46.1 Å². The van der Waals surface area contributed by atoms with Crippen molar-refractivity contribution in [2.75, 3.05) is 0 Å². The maximum Gasteiger partial charge on any atom is 0.335 e. The van der Waals surface area contributed by atoms with Crippen LogP contribution in [0.2, 0.25) is 5.02 Å². The van der Waals surface area contributed by atoms with Crippen LogP contribution in [0.25, 0.3) is 5.69 Å². The van der Waals surface area contributed by atoms with Crippen molar-refractivity contribution in [1.82, 2.24) is 9.55 Å². The number of para-hydroxylation sites is 1. The van der Waals surface area contributed by atoms with Crippen LogP contribution in [0.3, 0.4) is 0 Å². The number of hydrogen-bond donors (Lipinski definition) is 2. The minimum absolute atomic E-state index is 0.00329. The van der Waals surface area contributed by atoms with Crippen molar-refractivity contribution < 1.29 is 5.11 Å². The van der Waals surface area contributed by atoms with Gasteiger partial charge in [-0.3, -0.25) is 14.8 Å². The predicted molar refractivity (Wildman–Crippen MR) is 134 cm³/mol. The van der Waals surface area contributed by atoms with Gasteiger partial charge in [-0.1, -0.05) is 29.8 Å². The van der Waals surface area contributed by atoms with Crippen molar-refractivity contribution in [3.63, 3.8) is 0 Å². The maximum atomic E-state index is 12.9. The topological polar surface area (TPSA) is 87.5 Å². The molecule has 0 saturated carbocycles. The van der Waals surface area contributed by atoms with Crippen molar-refractivity contribution in [3.05, 3.63) is 102 Å². The minimum atomic E-state index is -0.752. The molecule has 0 saturated heterocycles. The molecule has 2 N–H and O–H groups in total. The highest BCUT2D eigenvalue weighted by Crippen LogP contribution is 2.47. The number of aliphatic imine (C=N–C) groups is 1. The van der Waals surface area contributed by atoms with Gasteiger partial charge in [0.1, 0.15) is 5.56 Å². The summed E-state index contributed by atoms with van der Waals surface area (Å²) in [4.78, 5) is 36.0. The Balaban J connectivity index is 1.72. The number of thioether (sulfide) groups is 1. The summed E-state index contributed by atoms with van der Waals surface area (Å²) in [5.74, 6) is -0.463. The number of aromatic amines is 1. The molecule has 2 aromatic heterocycles. The number of aromatic hydroxyl groups is 1. The average molecular weight is 496 g/mol. The van der Waals surface area contributed by atoms with Gasteiger partial charge in [0.15, 0.2) is 0 Å². The summed E-state index contributed by atoms with van der Waals surface area (Å²) in [6.45, 7) is 2.05. The molecule has 0 radical (unpaired) electrons. The number of fused-ring (bicyclic) bond motifs is 1. The number of aryl methyl sites for hydroxylation is 1. The molecular formula is C24H18ClN3O3S2. The third kappa shape index (κ3) is 4.17. The van der Waals surface area contributed by atoms with Crippen LogP contribution in [-0.2, 0) is 0 Å². The number of hydrogen-bond acceptors (Lipinski definition) is 6. The van der Waals surface area contributed by atoms with E-state index in [1.807, 2.05) is 24.3 Å². The van der Waals surface area contributed by atoms with Gasteiger partial charge in [-0.15, -0.1) is 23.1 Å².